The minimum absolute atomic E-state index is 0. The molecule has 1 unspecified atom stereocenters. The molecule has 1 N–H and O–H groups in total. The van der Waals surface area contributed by atoms with E-state index in [9.17, 15) is 0 Å². The van der Waals surface area contributed by atoms with E-state index in [1.54, 1.807) is 11.3 Å². The number of aromatic nitrogens is 1. The first kappa shape index (κ1) is 20.0. The molecule has 0 spiro atoms. The van der Waals surface area contributed by atoms with Crippen LogP contribution in [-0.2, 0) is 4.84 Å². The molecule has 0 aliphatic heterocycles. The molecule has 0 radical (unpaired) electrons. The second kappa shape index (κ2) is 8.12. The van der Waals surface area contributed by atoms with E-state index < -0.39 is 6.10 Å². The molecule has 0 amide bonds. The first-order chi connectivity index (χ1) is 12.9. The summed E-state index contributed by atoms with van der Waals surface area (Å²) in [5.74, 6) is 2.68. The van der Waals surface area contributed by atoms with Gasteiger partial charge in [0.1, 0.15) is 5.71 Å². The summed E-state index contributed by atoms with van der Waals surface area (Å²) in [6.45, 7) is 0. The number of H-pyrrole nitrogens is 1. The van der Waals surface area contributed by atoms with Gasteiger partial charge in [0.15, 0.2) is 0 Å². The van der Waals surface area contributed by atoms with Crippen molar-refractivity contribution in [1.29, 1.82) is 0 Å². The fraction of sp³-hybridized carbons (Fsp3) is 0.0455. The Morgan fingerprint density at radius 1 is 0.964 bits per heavy atom. The van der Waals surface area contributed by atoms with Crippen LogP contribution in [0.4, 0.5) is 0 Å². The number of rotatable bonds is 3. The summed E-state index contributed by atoms with van der Waals surface area (Å²) in [7, 11) is 0. The highest BCUT2D eigenvalue weighted by molar-refractivity contribution is 7.10. The number of oxime groups is 1. The molecule has 0 fully saturated rings. The Bertz CT molecular complexity index is 1190. The van der Waals surface area contributed by atoms with Crippen molar-refractivity contribution in [2.75, 3.05) is 0 Å². The molecule has 6 heteroatoms. The fourth-order valence-corrected chi connectivity index (χ4v) is 4.14. The van der Waals surface area contributed by atoms with Gasteiger partial charge in [0.05, 0.1) is 10.6 Å². The number of nitrogens with zero attached hydrogens (tertiary/aromatic N) is 1. The van der Waals surface area contributed by atoms with E-state index in [4.69, 9.17) is 11.3 Å². The van der Waals surface area contributed by atoms with Crippen LogP contribution >= 0.6 is 36.2 Å². The summed E-state index contributed by atoms with van der Waals surface area (Å²) in [5, 5.41) is 7.63. The van der Waals surface area contributed by atoms with Crippen LogP contribution in [0.2, 0.25) is 0 Å². The largest absolute Gasteiger partial charge is 0.373 e. The summed E-state index contributed by atoms with van der Waals surface area (Å²) in [5.41, 5.74) is 6.26. The predicted octanol–water partition coefficient (Wildman–Crippen LogP) is 6.20. The molecule has 5 rings (SSSR count). The van der Waals surface area contributed by atoms with Crippen LogP contribution in [0.3, 0.4) is 0 Å². The van der Waals surface area contributed by atoms with Gasteiger partial charge in [0.25, 0.3) is 0 Å². The van der Waals surface area contributed by atoms with Crippen LogP contribution in [0.5, 0.6) is 0 Å². The highest BCUT2D eigenvalue weighted by Crippen LogP contribution is 2.41. The number of aromatic amines is 1. The van der Waals surface area contributed by atoms with Crippen molar-refractivity contribution >= 4 is 52.8 Å². The molecule has 2 aromatic carbocycles. The minimum atomic E-state index is -0.482. The lowest BCUT2D eigenvalue weighted by molar-refractivity contribution is 0.103. The number of nitrogens with one attached hydrogen (secondary N) is 1. The molecule has 0 saturated heterocycles. The zero-order valence-electron chi connectivity index (χ0n) is 14.6. The van der Waals surface area contributed by atoms with Gasteiger partial charge in [-0.3, -0.25) is 0 Å². The quantitative estimate of drug-likeness (QED) is 0.270. The Morgan fingerprint density at radius 3 is 2.46 bits per heavy atom. The Balaban J connectivity index is 0.00000112. The number of halogens is 2. The topological polar surface area (TPSA) is 37.4 Å². The second-order valence-electron chi connectivity index (χ2n) is 6.07. The average Bonchev–Trinajstić information content (AvgIpc) is 3.39. The van der Waals surface area contributed by atoms with Gasteiger partial charge in [-0.1, -0.05) is 59.6 Å². The van der Waals surface area contributed by atoms with Crippen LogP contribution in [0, 0.1) is 12.3 Å². The summed E-state index contributed by atoms with van der Waals surface area (Å²) in [6.07, 6.45) is 5.18. The number of terminal acetylenes is 1. The van der Waals surface area contributed by atoms with Crippen molar-refractivity contribution in [3.8, 4) is 23.6 Å². The van der Waals surface area contributed by atoms with Crippen LogP contribution in [-0.4, -0.2) is 10.7 Å². The number of benzene rings is 2. The van der Waals surface area contributed by atoms with Gasteiger partial charge in [-0.05, 0) is 17.5 Å². The zero-order valence-corrected chi connectivity index (χ0v) is 17.0. The van der Waals surface area contributed by atoms with Crippen LogP contribution in [0.25, 0.3) is 22.2 Å². The third kappa shape index (κ3) is 3.08. The molecule has 1 aliphatic carbocycles. The van der Waals surface area contributed by atoms with Gasteiger partial charge >= 0.3 is 0 Å². The SMILES string of the molecule is C#CC(ON=C1c2ccccc2-c2[nH]c3ccccc3c21)c1cccs1.Cl.Cl. The lowest BCUT2D eigenvalue weighted by atomic mass is 10.1. The first-order valence-corrected chi connectivity index (χ1v) is 9.19. The minimum Gasteiger partial charge on any atom is -0.373 e. The van der Waals surface area contributed by atoms with Crippen molar-refractivity contribution < 1.29 is 4.84 Å². The highest BCUT2D eigenvalue weighted by atomic mass is 35.5. The summed E-state index contributed by atoms with van der Waals surface area (Å²) >= 11 is 1.57. The molecule has 4 aromatic rings. The normalized spacial score (nSPS) is 13.8. The van der Waals surface area contributed by atoms with Crippen LogP contribution in [0.15, 0.2) is 71.2 Å². The summed E-state index contributed by atoms with van der Waals surface area (Å²) in [4.78, 5) is 10.3. The third-order valence-corrected chi connectivity index (χ3v) is 5.51. The molecule has 0 bridgehead atoms. The first-order valence-electron chi connectivity index (χ1n) is 8.31. The van der Waals surface area contributed by atoms with Gasteiger partial charge in [0, 0.05) is 27.6 Å². The molecule has 1 atom stereocenters. The lowest BCUT2D eigenvalue weighted by Gasteiger charge is -2.08. The molecule has 2 heterocycles. The maximum atomic E-state index is 5.80. The van der Waals surface area contributed by atoms with Gasteiger partial charge in [0.2, 0.25) is 6.10 Å². The van der Waals surface area contributed by atoms with Gasteiger partial charge in [-0.2, -0.15) is 0 Å². The predicted molar refractivity (Wildman–Crippen MR) is 121 cm³/mol. The molecule has 28 heavy (non-hydrogen) atoms. The molecular formula is C22H16Cl2N2OS. The van der Waals surface area contributed by atoms with Crippen LogP contribution < -0.4 is 0 Å². The Morgan fingerprint density at radius 2 is 1.71 bits per heavy atom. The van der Waals surface area contributed by atoms with E-state index in [0.29, 0.717) is 0 Å². The number of thiophene rings is 1. The van der Waals surface area contributed by atoms with E-state index in [1.165, 1.54) is 0 Å². The maximum Gasteiger partial charge on any atom is 0.221 e. The number of hydrogen-bond acceptors (Lipinski definition) is 3. The molecule has 3 nitrogen and oxygen atoms in total. The molecule has 2 aromatic heterocycles. The van der Waals surface area contributed by atoms with Crippen molar-refractivity contribution in [1.82, 2.24) is 4.98 Å². The maximum absolute atomic E-state index is 5.80. The number of fused-ring (bicyclic) bond motifs is 5. The lowest BCUT2D eigenvalue weighted by Crippen LogP contribution is -2.02. The Kier molecular flexibility index (Phi) is 5.81. The van der Waals surface area contributed by atoms with Crippen molar-refractivity contribution in [3.63, 3.8) is 0 Å². The van der Waals surface area contributed by atoms with Crippen molar-refractivity contribution in [2.45, 2.75) is 6.10 Å². The standard InChI is InChI=1S/C22H14N2OS.2ClH/c1-2-18(19-12-7-13-26-19)25-24-22-15-9-4-3-8-14(15)21-20(22)16-10-5-6-11-17(16)23-21;;/h1,3-13,18,23H;2*1H. The van der Waals surface area contributed by atoms with Crippen molar-refractivity contribution in [2.24, 2.45) is 5.16 Å². The smallest absolute Gasteiger partial charge is 0.221 e. The second-order valence-corrected chi connectivity index (χ2v) is 7.05. The molecule has 1 aliphatic rings. The monoisotopic (exact) mass is 426 g/mol. The van der Waals surface area contributed by atoms with E-state index in [0.717, 1.165) is 43.9 Å². The van der Waals surface area contributed by atoms with Gasteiger partial charge in [-0.15, -0.1) is 42.6 Å². The third-order valence-electron chi connectivity index (χ3n) is 4.60. The van der Waals surface area contributed by atoms with Crippen LogP contribution in [0.1, 0.15) is 22.1 Å². The summed E-state index contributed by atoms with van der Waals surface area (Å²) < 4.78 is 0. The van der Waals surface area contributed by atoms with E-state index in [1.807, 2.05) is 41.8 Å². The molecule has 0 saturated carbocycles. The number of hydrogen-bond donors (Lipinski definition) is 1. The summed E-state index contributed by atoms with van der Waals surface area (Å²) in [6, 6.07) is 20.4. The number of para-hydroxylation sites is 1. The fourth-order valence-electron chi connectivity index (χ4n) is 3.44. The van der Waals surface area contributed by atoms with Gasteiger partial charge in [-0.25, -0.2) is 0 Å². The Hall–Kier alpha value is -2.71. The average molecular weight is 427 g/mol. The van der Waals surface area contributed by atoms with E-state index in [2.05, 4.69) is 40.3 Å². The van der Waals surface area contributed by atoms with E-state index in [-0.39, 0.29) is 24.8 Å². The molecular weight excluding hydrogens is 411 g/mol. The Labute approximate surface area is 179 Å². The van der Waals surface area contributed by atoms with Gasteiger partial charge < -0.3 is 9.82 Å². The van der Waals surface area contributed by atoms with E-state index >= 15 is 0 Å². The zero-order chi connectivity index (χ0) is 17.5. The highest BCUT2D eigenvalue weighted by Gasteiger charge is 2.29. The van der Waals surface area contributed by atoms with Crippen molar-refractivity contribution in [3.05, 3.63) is 82.0 Å². The molecule has 140 valence electrons.